The molecule has 0 spiro atoms. The van der Waals surface area contributed by atoms with Gasteiger partial charge in [0, 0.05) is 0 Å². The van der Waals surface area contributed by atoms with Crippen LogP contribution in [-0.4, -0.2) is 0 Å². The maximum absolute atomic E-state index is 4.18. The van der Waals surface area contributed by atoms with E-state index >= 15 is 0 Å². The van der Waals surface area contributed by atoms with Crippen LogP contribution < -0.4 is 0 Å². The van der Waals surface area contributed by atoms with Gasteiger partial charge in [0.1, 0.15) is 0 Å². The molecule has 2 rings (SSSR count). The highest BCUT2D eigenvalue weighted by Gasteiger charge is 2.02. The Kier molecular flexibility index (Phi) is 5.34. The van der Waals surface area contributed by atoms with Gasteiger partial charge in [0.05, 0.1) is 0 Å². The number of rotatable bonds is 5. The fourth-order valence-corrected chi connectivity index (χ4v) is 2.25. The van der Waals surface area contributed by atoms with Crippen molar-refractivity contribution in [1.29, 1.82) is 0 Å². The van der Waals surface area contributed by atoms with Crippen LogP contribution in [0.4, 0.5) is 0 Å². The van der Waals surface area contributed by atoms with Crippen LogP contribution in [0.25, 0.3) is 16.7 Å². The number of hydrogen-bond acceptors (Lipinski definition) is 0. The van der Waals surface area contributed by atoms with E-state index in [0.717, 1.165) is 12.0 Å². The molecular weight excluding hydrogens is 252 g/mol. The van der Waals surface area contributed by atoms with Crippen LogP contribution in [-0.2, 0) is 0 Å². The summed E-state index contributed by atoms with van der Waals surface area (Å²) in [6, 6.07) is 17.1. The second-order valence-electron chi connectivity index (χ2n) is 5.17. The molecular formula is C21H22. The molecule has 0 radical (unpaired) electrons. The van der Waals surface area contributed by atoms with Gasteiger partial charge in [-0.2, -0.15) is 0 Å². The van der Waals surface area contributed by atoms with Crippen molar-refractivity contribution in [1.82, 2.24) is 0 Å². The molecule has 0 aliphatic carbocycles. The van der Waals surface area contributed by atoms with Crippen LogP contribution in [0, 0.1) is 6.92 Å². The molecule has 0 aliphatic heterocycles. The predicted molar refractivity (Wildman–Crippen MR) is 94.2 cm³/mol. The molecule has 0 aromatic heterocycles. The van der Waals surface area contributed by atoms with Gasteiger partial charge in [-0.1, -0.05) is 80.3 Å². The predicted octanol–water partition coefficient (Wildman–Crippen LogP) is 6.20. The van der Waals surface area contributed by atoms with Crippen molar-refractivity contribution in [3.8, 4) is 11.1 Å². The Labute approximate surface area is 128 Å². The Hall–Kier alpha value is -2.34. The Balaban J connectivity index is 2.29. The Morgan fingerprint density at radius 1 is 1.00 bits per heavy atom. The average molecular weight is 274 g/mol. The van der Waals surface area contributed by atoms with Gasteiger partial charge in [-0.05, 0) is 47.2 Å². The van der Waals surface area contributed by atoms with Gasteiger partial charge in [-0.25, -0.2) is 0 Å². The first-order valence-corrected chi connectivity index (χ1v) is 7.40. The van der Waals surface area contributed by atoms with Crippen molar-refractivity contribution in [3.63, 3.8) is 0 Å². The van der Waals surface area contributed by atoms with Crippen LogP contribution in [0.5, 0.6) is 0 Å². The molecule has 106 valence electrons. The highest BCUT2D eigenvalue weighted by molar-refractivity contribution is 5.77. The minimum absolute atomic E-state index is 1.04. The lowest BCUT2D eigenvalue weighted by molar-refractivity contribution is 1.22. The highest BCUT2D eigenvalue weighted by Crippen LogP contribution is 2.25. The van der Waals surface area contributed by atoms with Gasteiger partial charge in [0.15, 0.2) is 0 Å². The summed E-state index contributed by atoms with van der Waals surface area (Å²) in [5.74, 6) is 0. The number of allylic oxidation sites excluding steroid dienone is 5. The third kappa shape index (κ3) is 4.32. The van der Waals surface area contributed by atoms with Crippen LogP contribution in [0.1, 0.15) is 24.5 Å². The molecule has 0 heterocycles. The monoisotopic (exact) mass is 274 g/mol. The van der Waals surface area contributed by atoms with E-state index in [9.17, 15) is 0 Å². The fourth-order valence-electron chi connectivity index (χ4n) is 2.25. The summed E-state index contributed by atoms with van der Waals surface area (Å²) in [5.41, 5.74) is 5.95. The van der Waals surface area contributed by atoms with E-state index in [2.05, 4.69) is 87.2 Å². The molecule has 0 amide bonds. The zero-order chi connectivity index (χ0) is 15.1. The van der Waals surface area contributed by atoms with E-state index < -0.39 is 0 Å². The van der Waals surface area contributed by atoms with Crippen molar-refractivity contribution < 1.29 is 0 Å². The summed E-state index contributed by atoms with van der Waals surface area (Å²) in [7, 11) is 0. The minimum atomic E-state index is 1.04. The topological polar surface area (TPSA) is 0 Å². The summed E-state index contributed by atoms with van der Waals surface area (Å²) in [4.78, 5) is 0. The highest BCUT2D eigenvalue weighted by atomic mass is 14.1. The molecule has 2 aromatic carbocycles. The van der Waals surface area contributed by atoms with Crippen LogP contribution in [0.2, 0.25) is 0 Å². The van der Waals surface area contributed by atoms with E-state index in [-0.39, 0.29) is 0 Å². The van der Waals surface area contributed by atoms with Crippen LogP contribution in [0.15, 0.2) is 79.4 Å². The van der Waals surface area contributed by atoms with Crippen molar-refractivity contribution in [2.75, 3.05) is 0 Å². The lowest BCUT2D eigenvalue weighted by atomic mass is 9.97. The van der Waals surface area contributed by atoms with Gasteiger partial charge >= 0.3 is 0 Å². The van der Waals surface area contributed by atoms with Crippen molar-refractivity contribution in [3.05, 3.63) is 90.5 Å². The quantitative estimate of drug-likeness (QED) is 0.570. The van der Waals surface area contributed by atoms with E-state index in [0.29, 0.717) is 0 Å². The van der Waals surface area contributed by atoms with Gasteiger partial charge in [0.25, 0.3) is 0 Å². The molecule has 0 heteroatoms. The van der Waals surface area contributed by atoms with Gasteiger partial charge < -0.3 is 0 Å². The zero-order valence-corrected chi connectivity index (χ0v) is 12.8. The van der Waals surface area contributed by atoms with Gasteiger partial charge in [0.2, 0.25) is 0 Å². The summed E-state index contributed by atoms with van der Waals surface area (Å²) in [6.45, 7) is 8.44. The maximum atomic E-state index is 4.18. The molecule has 0 bridgehead atoms. The van der Waals surface area contributed by atoms with Gasteiger partial charge in [-0.3, -0.25) is 0 Å². The van der Waals surface area contributed by atoms with Crippen LogP contribution >= 0.6 is 0 Å². The standard InChI is InChI=1S/C21H22/c1-4-5-6-8-11-18(3)20-14-17(2)15-21(16-20)19-12-9-7-10-13-19/h5-16H,3-4H2,1-2H3/b6-5-,11-8-. The zero-order valence-electron chi connectivity index (χ0n) is 12.8. The lowest BCUT2D eigenvalue weighted by Gasteiger charge is -2.08. The second kappa shape index (κ2) is 7.44. The summed E-state index contributed by atoms with van der Waals surface area (Å²) < 4.78 is 0. The first-order chi connectivity index (χ1) is 10.2. The first kappa shape index (κ1) is 15.1. The van der Waals surface area contributed by atoms with Gasteiger partial charge in [-0.15, -0.1) is 0 Å². The fraction of sp³-hybridized carbons (Fsp3) is 0.143. The molecule has 0 nitrogen and oxygen atoms in total. The minimum Gasteiger partial charge on any atom is -0.0912 e. The van der Waals surface area contributed by atoms with Crippen molar-refractivity contribution in [2.24, 2.45) is 0 Å². The lowest BCUT2D eigenvalue weighted by Crippen LogP contribution is -1.85. The summed E-state index contributed by atoms with van der Waals surface area (Å²) in [5, 5.41) is 0. The molecule has 0 unspecified atom stereocenters. The Morgan fingerprint density at radius 3 is 2.48 bits per heavy atom. The molecule has 2 aromatic rings. The normalized spacial score (nSPS) is 11.3. The molecule has 0 saturated heterocycles. The van der Waals surface area contributed by atoms with Crippen molar-refractivity contribution in [2.45, 2.75) is 20.3 Å². The van der Waals surface area contributed by atoms with Crippen molar-refractivity contribution >= 4 is 5.57 Å². The molecule has 21 heavy (non-hydrogen) atoms. The Morgan fingerprint density at radius 2 is 1.76 bits per heavy atom. The number of hydrogen-bond donors (Lipinski definition) is 0. The smallest absolute Gasteiger partial charge is 0.0175 e. The molecule has 0 fully saturated rings. The maximum Gasteiger partial charge on any atom is -0.0175 e. The van der Waals surface area contributed by atoms with E-state index in [1.165, 1.54) is 22.3 Å². The number of benzene rings is 2. The first-order valence-electron chi connectivity index (χ1n) is 7.40. The molecule has 0 aliphatic rings. The molecule has 0 saturated carbocycles. The third-order valence-electron chi connectivity index (χ3n) is 3.34. The van der Waals surface area contributed by atoms with E-state index in [4.69, 9.17) is 0 Å². The SMILES string of the molecule is C=C(/C=C\C=C/CC)c1cc(C)cc(-c2ccccc2)c1. The summed E-state index contributed by atoms with van der Waals surface area (Å²) in [6.07, 6.45) is 9.37. The van der Waals surface area contributed by atoms with E-state index in [1.54, 1.807) is 0 Å². The third-order valence-corrected chi connectivity index (χ3v) is 3.34. The average Bonchev–Trinajstić information content (AvgIpc) is 2.51. The van der Waals surface area contributed by atoms with E-state index in [1.807, 2.05) is 6.07 Å². The largest absolute Gasteiger partial charge is 0.0912 e. The second-order valence-corrected chi connectivity index (χ2v) is 5.17. The summed E-state index contributed by atoms with van der Waals surface area (Å²) >= 11 is 0. The molecule has 0 atom stereocenters. The Bertz CT molecular complexity index is 658. The number of aryl methyl sites for hydroxylation is 1. The van der Waals surface area contributed by atoms with Crippen LogP contribution in [0.3, 0.4) is 0 Å². The molecule has 0 N–H and O–H groups in total.